The lowest BCUT2D eigenvalue weighted by Crippen LogP contribution is -2.52. The molecule has 0 spiro atoms. The molecule has 1 aliphatic heterocycles. The van der Waals surface area contributed by atoms with E-state index < -0.39 is 0 Å². The van der Waals surface area contributed by atoms with Crippen LogP contribution in [-0.2, 0) is 11.3 Å². The summed E-state index contributed by atoms with van der Waals surface area (Å²) in [5.41, 5.74) is 2.21. The zero-order valence-electron chi connectivity index (χ0n) is 13.6. The van der Waals surface area contributed by atoms with Crippen LogP contribution in [0, 0.1) is 6.92 Å². The Hall–Kier alpha value is -1.72. The third-order valence-electron chi connectivity index (χ3n) is 5.04. The van der Waals surface area contributed by atoms with Crippen molar-refractivity contribution in [1.82, 2.24) is 15.0 Å². The summed E-state index contributed by atoms with van der Waals surface area (Å²) in [6.07, 6.45) is 5.35. The lowest BCUT2D eigenvalue weighted by atomic mass is 9.90. The van der Waals surface area contributed by atoms with Crippen LogP contribution in [0.4, 0.5) is 0 Å². The summed E-state index contributed by atoms with van der Waals surface area (Å²) in [6.45, 7) is 4.55. The monoisotopic (exact) mass is 313 g/mol. The van der Waals surface area contributed by atoms with Crippen molar-refractivity contribution in [1.29, 1.82) is 0 Å². The van der Waals surface area contributed by atoms with Gasteiger partial charge in [-0.1, -0.05) is 42.3 Å². The second-order valence-electron chi connectivity index (χ2n) is 6.56. The summed E-state index contributed by atoms with van der Waals surface area (Å²) >= 11 is 0. The van der Waals surface area contributed by atoms with Crippen molar-refractivity contribution in [3.05, 3.63) is 35.7 Å². The number of hydrogen-bond acceptors (Lipinski definition) is 5. The highest BCUT2D eigenvalue weighted by atomic mass is 16.5. The van der Waals surface area contributed by atoms with Crippen molar-refractivity contribution in [3.8, 4) is 11.4 Å². The number of morpholine rings is 1. The van der Waals surface area contributed by atoms with Crippen LogP contribution < -0.4 is 0 Å². The van der Waals surface area contributed by atoms with Crippen LogP contribution in [-0.4, -0.2) is 40.3 Å². The van der Waals surface area contributed by atoms with E-state index in [9.17, 15) is 0 Å². The minimum Gasteiger partial charge on any atom is -0.375 e. The predicted molar refractivity (Wildman–Crippen MR) is 86.9 cm³/mol. The van der Waals surface area contributed by atoms with E-state index in [1.54, 1.807) is 0 Å². The van der Waals surface area contributed by atoms with E-state index in [0.29, 0.717) is 23.9 Å². The zero-order valence-corrected chi connectivity index (χ0v) is 13.6. The lowest BCUT2D eigenvalue weighted by molar-refractivity contribution is -0.0933. The molecule has 1 aromatic heterocycles. The highest BCUT2D eigenvalue weighted by Gasteiger charge is 2.34. The summed E-state index contributed by atoms with van der Waals surface area (Å²) in [4.78, 5) is 7.07. The van der Waals surface area contributed by atoms with Gasteiger partial charge < -0.3 is 9.26 Å². The standard InChI is InChI=1S/C18H23N3O2/c1-13-6-2-3-7-14(13)18-19-17(23-20-18)12-21-10-11-22-16-9-5-4-8-15(16)21/h2-3,6-7,15-16H,4-5,8-12H2,1H3/t15-,16+/m0/s1. The Balaban J connectivity index is 1.50. The second kappa shape index (κ2) is 6.42. The number of fused-ring (bicyclic) bond motifs is 1. The first-order valence-electron chi connectivity index (χ1n) is 8.55. The number of aryl methyl sites for hydroxylation is 1. The quantitative estimate of drug-likeness (QED) is 0.871. The van der Waals surface area contributed by atoms with Gasteiger partial charge in [0.05, 0.1) is 19.3 Å². The Morgan fingerprint density at radius 1 is 1.22 bits per heavy atom. The van der Waals surface area contributed by atoms with Gasteiger partial charge in [-0.3, -0.25) is 4.90 Å². The molecule has 1 saturated carbocycles. The molecular weight excluding hydrogens is 290 g/mol. The van der Waals surface area contributed by atoms with Gasteiger partial charge in [0, 0.05) is 18.2 Å². The van der Waals surface area contributed by atoms with Crippen LogP contribution in [0.15, 0.2) is 28.8 Å². The van der Waals surface area contributed by atoms with Crippen LogP contribution in [0.3, 0.4) is 0 Å². The number of hydrogen-bond donors (Lipinski definition) is 0. The summed E-state index contributed by atoms with van der Waals surface area (Å²) in [5, 5.41) is 4.17. The SMILES string of the molecule is Cc1ccccc1-c1noc(CN2CCO[C@@H]3CCCC[C@@H]32)n1. The Bertz CT molecular complexity index is 668. The molecule has 0 unspecified atom stereocenters. The third-order valence-corrected chi connectivity index (χ3v) is 5.04. The highest BCUT2D eigenvalue weighted by Crippen LogP contribution is 2.29. The van der Waals surface area contributed by atoms with Gasteiger partial charge in [0.15, 0.2) is 0 Å². The molecule has 2 aliphatic rings. The summed E-state index contributed by atoms with van der Waals surface area (Å²) in [6, 6.07) is 8.64. The van der Waals surface area contributed by atoms with Crippen molar-refractivity contribution in [3.63, 3.8) is 0 Å². The normalized spacial score (nSPS) is 25.3. The number of benzene rings is 1. The van der Waals surface area contributed by atoms with E-state index in [-0.39, 0.29) is 0 Å². The molecule has 1 aliphatic carbocycles. The first-order valence-corrected chi connectivity index (χ1v) is 8.55. The Labute approximate surface area is 136 Å². The molecule has 5 heteroatoms. The van der Waals surface area contributed by atoms with Crippen molar-refractivity contribution >= 4 is 0 Å². The molecule has 1 aromatic carbocycles. The van der Waals surface area contributed by atoms with Gasteiger partial charge in [0.2, 0.25) is 11.7 Å². The van der Waals surface area contributed by atoms with Crippen molar-refractivity contribution in [2.24, 2.45) is 0 Å². The first-order chi connectivity index (χ1) is 11.3. The Kier molecular flexibility index (Phi) is 4.14. The van der Waals surface area contributed by atoms with E-state index in [1.807, 2.05) is 18.2 Å². The molecule has 0 radical (unpaired) electrons. The second-order valence-corrected chi connectivity index (χ2v) is 6.56. The first kappa shape index (κ1) is 14.8. The Morgan fingerprint density at radius 3 is 3.00 bits per heavy atom. The molecular formula is C18H23N3O2. The summed E-state index contributed by atoms with van der Waals surface area (Å²) < 4.78 is 11.4. The zero-order chi connectivity index (χ0) is 15.6. The lowest BCUT2D eigenvalue weighted by Gasteiger charge is -2.43. The fraction of sp³-hybridized carbons (Fsp3) is 0.556. The molecule has 2 atom stereocenters. The number of nitrogens with zero attached hydrogens (tertiary/aromatic N) is 3. The molecule has 2 heterocycles. The molecule has 4 rings (SSSR count). The van der Waals surface area contributed by atoms with Gasteiger partial charge in [0.25, 0.3) is 0 Å². The molecule has 5 nitrogen and oxygen atoms in total. The van der Waals surface area contributed by atoms with E-state index >= 15 is 0 Å². The van der Waals surface area contributed by atoms with Gasteiger partial charge in [-0.05, 0) is 25.3 Å². The van der Waals surface area contributed by atoms with Crippen LogP contribution in [0.1, 0.15) is 37.1 Å². The average molecular weight is 313 g/mol. The smallest absolute Gasteiger partial charge is 0.241 e. The number of rotatable bonds is 3. The van der Waals surface area contributed by atoms with Gasteiger partial charge in [-0.25, -0.2) is 0 Å². The molecule has 122 valence electrons. The van der Waals surface area contributed by atoms with E-state index in [0.717, 1.165) is 25.3 Å². The molecule has 23 heavy (non-hydrogen) atoms. The summed E-state index contributed by atoms with van der Waals surface area (Å²) in [5.74, 6) is 1.39. The number of aromatic nitrogens is 2. The van der Waals surface area contributed by atoms with Gasteiger partial charge in [0.1, 0.15) is 0 Å². The maximum Gasteiger partial charge on any atom is 0.241 e. The average Bonchev–Trinajstić information content (AvgIpc) is 3.04. The maximum absolute atomic E-state index is 5.93. The van der Waals surface area contributed by atoms with Crippen molar-refractivity contribution in [2.45, 2.75) is 51.3 Å². The fourth-order valence-electron chi connectivity index (χ4n) is 3.80. The number of ether oxygens (including phenoxy) is 1. The molecule has 0 amide bonds. The summed E-state index contributed by atoms with van der Waals surface area (Å²) in [7, 11) is 0. The molecule has 0 N–H and O–H groups in total. The molecule has 0 bridgehead atoms. The van der Waals surface area contributed by atoms with Crippen LogP contribution in [0.5, 0.6) is 0 Å². The largest absolute Gasteiger partial charge is 0.375 e. The van der Waals surface area contributed by atoms with Crippen molar-refractivity contribution < 1.29 is 9.26 Å². The molecule has 2 aromatic rings. The third kappa shape index (κ3) is 3.03. The van der Waals surface area contributed by atoms with Crippen molar-refractivity contribution in [2.75, 3.05) is 13.2 Å². The molecule has 1 saturated heterocycles. The van der Waals surface area contributed by atoms with Crippen LogP contribution in [0.2, 0.25) is 0 Å². The van der Waals surface area contributed by atoms with E-state index in [1.165, 1.54) is 31.2 Å². The minimum absolute atomic E-state index is 0.385. The van der Waals surface area contributed by atoms with Crippen LogP contribution in [0.25, 0.3) is 11.4 Å². The minimum atomic E-state index is 0.385. The Morgan fingerprint density at radius 2 is 2.09 bits per heavy atom. The van der Waals surface area contributed by atoms with Gasteiger partial charge in [-0.2, -0.15) is 4.98 Å². The maximum atomic E-state index is 5.93. The predicted octanol–water partition coefficient (Wildman–Crippen LogP) is 3.19. The van der Waals surface area contributed by atoms with E-state index in [4.69, 9.17) is 9.26 Å². The van der Waals surface area contributed by atoms with E-state index in [2.05, 4.69) is 28.0 Å². The highest BCUT2D eigenvalue weighted by molar-refractivity contribution is 5.58. The molecule has 2 fully saturated rings. The van der Waals surface area contributed by atoms with Gasteiger partial charge >= 0.3 is 0 Å². The fourth-order valence-corrected chi connectivity index (χ4v) is 3.80. The van der Waals surface area contributed by atoms with Gasteiger partial charge in [-0.15, -0.1) is 0 Å². The van der Waals surface area contributed by atoms with Crippen LogP contribution >= 0.6 is 0 Å². The topological polar surface area (TPSA) is 51.4 Å².